The van der Waals surface area contributed by atoms with Gasteiger partial charge in [0.1, 0.15) is 34.5 Å². The van der Waals surface area contributed by atoms with Crippen LogP contribution in [0.15, 0.2) is 109 Å². The Labute approximate surface area is 491 Å². The van der Waals surface area contributed by atoms with Crippen molar-refractivity contribution in [1.82, 2.24) is 0 Å². The Morgan fingerprint density at radius 3 is 0.855 bits per heavy atom. The predicted molar refractivity (Wildman–Crippen MR) is 328 cm³/mol. The summed E-state index contributed by atoms with van der Waals surface area (Å²) < 4.78 is 15.4. The first-order valence-electron chi connectivity index (χ1n) is 33.5. The highest BCUT2D eigenvalue weighted by atomic mass is 16.5. The zero-order chi connectivity index (χ0) is 54.9. The fraction of sp³-hybridized carbons (Fsp3) is 0.532. The molecule has 0 saturated heterocycles. The van der Waals surface area contributed by atoms with Crippen LogP contribution in [0.1, 0.15) is 199 Å². The largest absolute Gasteiger partial charge is 0.506 e. The van der Waals surface area contributed by atoms with Crippen molar-refractivity contribution in [2.45, 2.75) is 181 Å². The Morgan fingerprint density at radius 2 is 0.566 bits per heavy atom. The fourth-order valence-electron chi connectivity index (χ4n) is 25.7. The van der Waals surface area contributed by atoms with E-state index in [1.165, 1.54) is 210 Å². The molecule has 16 saturated carbocycles. The third-order valence-electron chi connectivity index (χ3n) is 26.9. The lowest BCUT2D eigenvalue weighted by Gasteiger charge is -2.58. The second-order valence-electron chi connectivity index (χ2n) is 32.1. The molecule has 16 fully saturated rings. The van der Waals surface area contributed by atoms with E-state index in [0.717, 1.165) is 94.0 Å². The van der Waals surface area contributed by atoms with Gasteiger partial charge in [-0.3, -0.25) is 0 Å². The van der Waals surface area contributed by atoms with E-state index in [4.69, 9.17) is 20.9 Å². The molecule has 6 aromatic rings. The number of phenolic OH excluding ortho intramolecular Hbond substituents is 2. The zero-order valence-corrected chi connectivity index (χ0v) is 48.7. The summed E-state index contributed by atoms with van der Waals surface area (Å²) in [4.78, 5) is 0. The maximum absolute atomic E-state index is 11.6. The van der Waals surface area contributed by atoms with Gasteiger partial charge < -0.3 is 31.2 Å². The Bertz CT molecular complexity index is 3330. The van der Waals surface area contributed by atoms with Gasteiger partial charge in [0.15, 0.2) is 0 Å². The molecular formula is C77H84N2O4. The second-order valence-corrected chi connectivity index (χ2v) is 32.1. The standard InChI is InChI=1S/C77H84N2O4/c78-65-27-63(75-37-49-19-50(38-75)21-51(20-49)39-75)71(29-67(65)80)82-69-11-9-55(25-61(69)73-31-43-13-44(32-73)15-45(14-43)33-73)77(59-7-3-1-5-57(59)58-6-2-4-8-60(58)77)56-10-12-70(62(26-56)74-34-46-16-47(35-74)18-48(17-46)36-74)83-72-30-68(81)66(79)28-64(72)76-40-52-22-53(41-76)24-54(23-52)42-76/h1-12,25-30,43-54,80-81H,13-24,31-42,78-79H2. The van der Waals surface area contributed by atoms with Crippen LogP contribution in [-0.4, -0.2) is 10.2 Å². The maximum atomic E-state index is 11.6. The van der Waals surface area contributed by atoms with Crippen LogP contribution in [0.2, 0.25) is 0 Å². The third-order valence-corrected chi connectivity index (χ3v) is 26.9. The highest BCUT2D eigenvalue weighted by Gasteiger charge is 2.58. The van der Waals surface area contributed by atoms with Crippen LogP contribution in [0, 0.1) is 71.0 Å². The molecule has 23 rings (SSSR count). The van der Waals surface area contributed by atoms with E-state index >= 15 is 0 Å². The van der Waals surface area contributed by atoms with Gasteiger partial charge in [-0.15, -0.1) is 0 Å². The topological polar surface area (TPSA) is 111 Å². The van der Waals surface area contributed by atoms with Crippen molar-refractivity contribution in [3.05, 3.63) is 154 Å². The highest BCUT2D eigenvalue weighted by molar-refractivity contribution is 5.86. The first-order valence-corrected chi connectivity index (χ1v) is 33.5. The molecule has 0 atom stereocenters. The molecule has 6 nitrogen and oxygen atoms in total. The minimum atomic E-state index is -0.647. The van der Waals surface area contributed by atoms with Crippen molar-refractivity contribution in [2.75, 3.05) is 11.5 Å². The van der Waals surface area contributed by atoms with E-state index in [2.05, 4.69) is 97.1 Å². The van der Waals surface area contributed by atoms with Gasteiger partial charge in [-0.25, -0.2) is 0 Å². The number of hydrogen-bond acceptors (Lipinski definition) is 6. The lowest BCUT2D eigenvalue weighted by molar-refractivity contribution is -0.00738. The Kier molecular flexibility index (Phi) is 10.2. The molecular weight excluding hydrogens is 1020 g/mol. The minimum Gasteiger partial charge on any atom is -0.506 e. The van der Waals surface area contributed by atoms with Crippen LogP contribution in [0.4, 0.5) is 11.4 Å². The molecule has 83 heavy (non-hydrogen) atoms. The summed E-state index contributed by atoms with van der Waals surface area (Å²) in [5.74, 6) is 12.8. The van der Waals surface area contributed by atoms with Crippen molar-refractivity contribution in [1.29, 1.82) is 0 Å². The first kappa shape index (κ1) is 49.4. The molecule has 0 spiro atoms. The molecule has 6 heteroatoms. The molecule has 6 aromatic carbocycles. The Morgan fingerprint density at radius 1 is 0.301 bits per heavy atom. The quantitative estimate of drug-likeness (QED) is 0.0802. The molecule has 16 bridgehead atoms. The number of ether oxygens (including phenoxy) is 2. The normalized spacial score (nSPS) is 38.9. The van der Waals surface area contributed by atoms with Gasteiger partial charge in [-0.1, -0.05) is 60.7 Å². The summed E-state index contributed by atoms with van der Waals surface area (Å²) in [6.07, 6.45) is 30.8. The predicted octanol–water partition coefficient (Wildman–Crippen LogP) is 18.1. The lowest BCUT2D eigenvalue weighted by Crippen LogP contribution is -2.49. The molecule has 0 aliphatic heterocycles. The average Bonchev–Trinajstić information content (AvgIpc) is 1.77. The molecule has 0 radical (unpaired) electrons. The van der Waals surface area contributed by atoms with Gasteiger partial charge in [0.2, 0.25) is 0 Å². The van der Waals surface area contributed by atoms with Crippen LogP contribution in [0.25, 0.3) is 11.1 Å². The van der Waals surface area contributed by atoms with E-state index in [9.17, 15) is 10.2 Å². The van der Waals surface area contributed by atoms with Crippen molar-refractivity contribution < 1.29 is 19.7 Å². The Balaban J connectivity index is 0.818. The average molecular weight is 1100 g/mol. The Hall–Kier alpha value is -5.88. The summed E-state index contributed by atoms with van der Waals surface area (Å²) in [5.41, 5.74) is 27.0. The van der Waals surface area contributed by atoms with Gasteiger partial charge >= 0.3 is 0 Å². The number of phenols is 2. The molecule has 0 unspecified atom stereocenters. The summed E-state index contributed by atoms with van der Waals surface area (Å²) in [5, 5.41) is 23.2. The van der Waals surface area contributed by atoms with Crippen molar-refractivity contribution in [3.63, 3.8) is 0 Å². The van der Waals surface area contributed by atoms with Crippen LogP contribution in [-0.2, 0) is 27.1 Å². The summed E-state index contributed by atoms with van der Waals surface area (Å²) in [6.45, 7) is 0. The fourth-order valence-corrected chi connectivity index (χ4v) is 25.7. The van der Waals surface area contributed by atoms with Crippen molar-refractivity contribution >= 4 is 11.4 Å². The second kappa shape index (κ2) is 17.2. The SMILES string of the molecule is Nc1cc(C23CC4CC(CC(C4)C2)C3)c(Oc2ccc(C3(c4ccc(Oc5cc(O)c(N)cc5C56CC7CC(CC(C7)C5)C6)c(C56CC7CC(CC(C7)C5)C6)c4)c4ccccc4-c4ccccc43)cc2C23CC4CC(CC(C4)C2)C3)cc1O. The van der Waals surface area contributed by atoms with E-state index < -0.39 is 5.41 Å². The molecule has 0 aromatic heterocycles. The molecule has 426 valence electrons. The molecule has 0 heterocycles. The van der Waals surface area contributed by atoms with Crippen molar-refractivity contribution in [3.8, 4) is 45.6 Å². The number of hydrogen-bond donors (Lipinski definition) is 4. The van der Waals surface area contributed by atoms with Gasteiger partial charge in [-0.05, 0) is 317 Å². The number of rotatable bonds is 10. The van der Waals surface area contributed by atoms with Crippen LogP contribution >= 0.6 is 0 Å². The van der Waals surface area contributed by atoms with Crippen LogP contribution in [0.5, 0.6) is 34.5 Å². The third kappa shape index (κ3) is 7.13. The van der Waals surface area contributed by atoms with Gasteiger partial charge in [0.05, 0.1) is 16.8 Å². The van der Waals surface area contributed by atoms with E-state index in [-0.39, 0.29) is 33.2 Å². The van der Waals surface area contributed by atoms with Crippen LogP contribution < -0.4 is 20.9 Å². The van der Waals surface area contributed by atoms with Crippen LogP contribution in [0.3, 0.4) is 0 Å². The summed E-state index contributed by atoms with van der Waals surface area (Å²) >= 11 is 0. The van der Waals surface area contributed by atoms with E-state index in [1.54, 1.807) is 0 Å². The first-order chi connectivity index (χ1) is 40.4. The smallest absolute Gasteiger partial charge is 0.142 e. The molecule has 0 amide bonds. The number of anilines is 2. The lowest BCUT2D eigenvalue weighted by atomic mass is 9.47. The van der Waals surface area contributed by atoms with Gasteiger partial charge in [0.25, 0.3) is 0 Å². The monoisotopic (exact) mass is 1100 g/mol. The number of nitrogens with two attached hydrogens (primary N) is 2. The minimum absolute atomic E-state index is 0.00325. The van der Waals surface area contributed by atoms with E-state index in [1.807, 2.05) is 12.1 Å². The zero-order valence-electron chi connectivity index (χ0n) is 48.7. The highest BCUT2D eigenvalue weighted by Crippen LogP contribution is 2.69. The van der Waals surface area contributed by atoms with E-state index in [0.29, 0.717) is 11.4 Å². The number of aromatic hydroxyl groups is 2. The number of nitrogen functional groups attached to an aromatic ring is 2. The van der Waals surface area contributed by atoms with Crippen molar-refractivity contribution in [2.24, 2.45) is 71.0 Å². The summed E-state index contributed by atoms with van der Waals surface area (Å²) in [7, 11) is 0. The maximum Gasteiger partial charge on any atom is 0.142 e. The number of fused-ring (bicyclic) bond motifs is 3. The molecule has 17 aliphatic carbocycles. The van der Waals surface area contributed by atoms with Gasteiger partial charge in [0, 0.05) is 34.4 Å². The number of benzene rings is 6. The molecule has 17 aliphatic rings. The summed E-state index contributed by atoms with van der Waals surface area (Å²) in [6, 6.07) is 41.9. The molecule has 6 N–H and O–H groups in total. The van der Waals surface area contributed by atoms with Gasteiger partial charge in [-0.2, -0.15) is 0 Å².